The van der Waals surface area contributed by atoms with Gasteiger partial charge in [-0.1, -0.05) is 72.8 Å². The van der Waals surface area contributed by atoms with Crippen LogP contribution in [0.5, 0.6) is 0 Å². The van der Waals surface area contributed by atoms with Gasteiger partial charge in [-0.15, -0.1) is 0 Å². The van der Waals surface area contributed by atoms with E-state index in [2.05, 4.69) is 24.3 Å². The average molecular weight is 262 g/mol. The number of halogens is 1. The van der Waals surface area contributed by atoms with Gasteiger partial charge in [0, 0.05) is 5.56 Å². The van der Waals surface area contributed by atoms with Crippen LogP contribution in [0.3, 0.4) is 0 Å². The highest BCUT2D eigenvalue weighted by Gasteiger charge is 2.04. The summed E-state index contributed by atoms with van der Waals surface area (Å²) < 4.78 is 13.8. The van der Waals surface area contributed by atoms with Crippen molar-refractivity contribution in [3.8, 4) is 11.1 Å². The van der Waals surface area contributed by atoms with E-state index in [0.29, 0.717) is 5.56 Å². The minimum absolute atomic E-state index is 0.182. The summed E-state index contributed by atoms with van der Waals surface area (Å²) in [5.74, 6) is -0.182. The number of hydrogen-bond acceptors (Lipinski definition) is 0. The fourth-order valence-electron chi connectivity index (χ4n) is 2.33. The van der Waals surface area contributed by atoms with Gasteiger partial charge in [0.1, 0.15) is 5.82 Å². The summed E-state index contributed by atoms with van der Waals surface area (Å²) in [5.41, 5.74) is 3.91. The second-order valence-corrected chi connectivity index (χ2v) is 4.74. The summed E-state index contributed by atoms with van der Waals surface area (Å²) >= 11 is 0. The van der Waals surface area contributed by atoms with Crippen LogP contribution in [0, 0.1) is 5.82 Å². The highest BCUT2D eigenvalue weighted by Crippen LogP contribution is 2.25. The van der Waals surface area contributed by atoms with Crippen molar-refractivity contribution < 1.29 is 4.39 Å². The SMILES string of the molecule is Fc1ccccc1-c1ccc(C2=CCC=CC=C2)cc1. The summed E-state index contributed by atoms with van der Waals surface area (Å²) in [5, 5.41) is 0. The Hall–Kier alpha value is -2.41. The molecule has 0 amide bonds. The molecule has 0 spiro atoms. The molecule has 1 heteroatoms. The zero-order valence-electron chi connectivity index (χ0n) is 11.1. The van der Waals surface area contributed by atoms with Crippen LogP contribution in [0.1, 0.15) is 12.0 Å². The van der Waals surface area contributed by atoms with Crippen molar-refractivity contribution in [2.75, 3.05) is 0 Å². The van der Waals surface area contributed by atoms with Gasteiger partial charge in [-0.05, 0) is 29.2 Å². The molecular formula is C19H15F. The highest BCUT2D eigenvalue weighted by molar-refractivity contribution is 5.77. The monoisotopic (exact) mass is 262 g/mol. The van der Waals surface area contributed by atoms with Crippen LogP contribution in [0.25, 0.3) is 16.7 Å². The lowest BCUT2D eigenvalue weighted by Gasteiger charge is -2.06. The van der Waals surface area contributed by atoms with E-state index in [-0.39, 0.29) is 5.82 Å². The Labute approximate surface area is 118 Å². The maximum atomic E-state index is 13.8. The first-order chi connectivity index (χ1) is 9.84. The predicted molar refractivity (Wildman–Crippen MR) is 82.7 cm³/mol. The van der Waals surface area contributed by atoms with Crippen molar-refractivity contribution in [3.63, 3.8) is 0 Å². The highest BCUT2D eigenvalue weighted by atomic mass is 19.1. The van der Waals surface area contributed by atoms with E-state index in [1.807, 2.05) is 36.4 Å². The number of allylic oxidation sites excluding steroid dienone is 6. The topological polar surface area (TPSA) is 0 Å². The fourth-order valence-corrected chi connectivity index (χ4v) is 2.33. The van der Waals surface area contributed by atoms with Gasteiger partial charge in [-0.25, -0.2) is 4.39 Å². The predicted octanol–water partition coefficient (Wildman–Crippen LogP) is 5.39. The third-order valence-electron chi connectivity index (χ3n) is 3.40. The molecule has 0 unspecified atom stereocenters. The minimum Gasteiger partial charge on any atom is -0.206 e. The molecule has 0 nitrogen and oxygen atoms in total. The molecule has 0 saturated heterocycles. The fraction of sp³-hybridized carbons (Fsp3) is 0.0526. The van der Waals surface area contributed by atoms with Crippen molar-refractivity contribution >= 4 is 5.57 Å². The number of hydrogen-bond donors (Lipinski definition) is 0. The molecule has 1 aliphatic rings. The first kappa shape index (κ1) is 12.6. The Kier molecular flexibility index (Phi) is 3.60. The Morgan fingerprint density at radius 2 is 1.55 bits per heavy atom. The van der Waals surface area contributed by atoms with Gasteiger partial charge < -0.3 is 0 Å². The molecule has 0 atom stereocenters. The largest absolute Gasteiger partial charge is 0.206 e. The summed E-state index contributed by atoms with van der Waals surface area (Å²) in [6, 6.07) is 14.9. The van der Waals surface area contributed by atoms with Crippen LogP contribution in [0.2, 0.25) is 0 Å². The summed E-state index contributed by atoms with van der Waals surface area (Å²) in [7, 11) is 0. The lowest BCUT2D eigenvalue weighted by Crippen LogP contribution is -1.85. The maximum absolute atomic E-state index is 13.8. The van der Waals surface area contributed by atoms with Gasteiger partial charge in [-0.2, -0.15) is 0 Å². The second-order valence-electron chi connectivity index (χ2n) is 4.74. The van der Waals surface area contributed by atoms with Gasteiger partial charge in [-0.3, -0.25) is 0 Å². The first-order valence-corrected chi connectivity index (χ1v) is 6.73. The molecule has 0 bridgehead atoms. The molecule has 0 heterocycles. The molecule has 0 fully saturated rings. The van der Waals surface area contributed by atoms with E-state index in [0.717, 1.165) is 17.5 Å². The molecular weight excluding hydrogens is 247 g/mol. The average Bonchev–Trinajstić information content (AvgIpc) is 2.77. The van der Waals surface area contributed by atoms with Gasteiger partial charge in [0.2, 0.25) is 0 Å². The molecule has 0 radical (unpaired) electrons. The van der Waals surface area contributed by atoms with Crippen molar-refractivity contribution in [3.05, 3.63) is 90.3 Å². The van der Waals surface area contributed by atoms with Crippen LogP contribution in [0.15, 0.2) is 78.9 Å². The van der Waals surface area contributed by atoms with Gasteiger partial charge in [0.25, 0.3) is 0 Å². The lowest BCUT2D eigenvalue weighted by atomic mass is 9.99. The zero-order valence-corrected chi connectivity index (χ0v) is 11.1. The summed E-state index contributed by atoms with van der Waals surface area (Å²) in [6.07, 6.45) is 11.5. The third kappa shape index (κ3) is 2.62. The molecule has 0 aromatic heterocycles. The van der Waals surface area contributed by atoms with Gasteiger partial charge in [0.05, 0.1) is 0 Å². The molecule has 0 aliphatic heterocycles. The van der Waals surface area contributed by atoms with E-state index in [1.165, 1.54) is 11.6 Å². The Morgan fingerprint density at radius 1 is 0.800 bits per heavy atom. The Balaban J connectivity index is 1.92. The van der Waals surface area contributed by atoms with Crippen LogP contribution in [-0.4, -0.2) is 0 Å². The Morgan fingerprint density at radius 3 is 2.35 bits per heavy atom. The maximum Gasteiger partial charge on any atom is 0.131 e. The van der Waals surface area contributed by atoms with E-state index in [1.54, 1.807) is 12.1 Å². The smallest absolute Gasteiger partial charge is 0.131 e. The summed E-state index contributed by atoms with van der Waals surface area (Å²) in [6.45, 7) is 0. The van der Waals surface area contributed by atoms with Crippen molar-refractivity contribution in [2.24, 2.45) is 0 Å². The van der Waals surface area contributed by atoms with Crippen LogP contribution in [0.4, 0.5) is 4.39 Å². The van der Waals surface area contributed by atoms with Gasteiger partial charge in [0.15, 0.2) is 0 Å². The molecule has 3 rings (SSSR count). The van der Waals surface area contributed by atoms with E-state index in [9.17, 15) is 4.39 Å². The van der Waals surface area contributed by atoms with E-state index in [4.69, 9.17) is 0 Å². The van der Waals surface area contributed by atoms with Crippen LogP contribution < -0.4 is 0 Å². The minimum atomic E-state index is -0.182. The van der Waals surface area contributed by atoms with E-state index < -0.39 is 0 Å². The first-order valence-electron chi connectivity index (χ1n) is 6.73. The molecule has 98 valence electrons. The van der Waals surface area contributed by atoms with Crippen LogP contribution in [-0.2, 0) is 0 Å². The zero-order chi connectivity index (χ0) is 13.8. The third-order valence-corrected chi connectivity index (χ3v) is 3.40. The summed E-state index contributed by atoms with van der Waals surface area (Å²) in [4.78, 5) is 0. The molecule has 1 aliphatic carbocycles. The Bertz CT molecular complexity index is 688. The van der Waals surface area contributed by atoms with Crippen molar-refractivity contribution in [1.29, 1.82) is 0 Å². The quantitative estimate of drug-likeness (QED) is 0.680. The lowest BCUT2D eigenvalue weighted by molar-refractivity contribution is 0.631. The molecule has 0 N–H and O–H groups in total. The number of benzene rings is 2. The van der Waals surface area contributed by atoms with Crippen molar-refractivity contribution in [1.82, 2.24) is 0 Å². The standard InChI is InChI=1S/C19H15F/c20-19-10-6-5-9-18(19)17-13-11-16(12-14-17)15-7-3-1-2-4-8-15/h1-3,5-14H,4H2. The second kappa shape index (κ2) is 5.70. The van der Waals surface area contributed by atoms with Gasteiger partial charge >= 0.3 is 0 Å². The van der Waals surface area contributed by atoms with Crippen molar-refractivity contribution in [2.45, 2.75) is 6.42 Å². The molecule has 0 saturated carbocycles. The van der Waals surface area contributed by atoms with E-state index >= 15 is 0 Å². The number of rotatable bonds is 2. The molecule has 20 heavy (non-hydrogen) atoms. The normalized spacial score (nSPS) is 13.9. The molecule has 2 aromatic carbocycles. The van der Waals surface area contributed by atoms with Crippen LogP contribution >= 0.6 is 0 Å². The molecule has 2 aromatic rings.